The minimum absolute atomic E-state index is 0.150. The molecule has 3 aromatic rings. The summed E-state index contributed by atoms with van der Waals surface area (Å²) in [4.78, 5) is 26.4. The highest BCUT2D eigenvalue weighted by molar-refractivity contribution is 6.35. The van der Waals surface area contributed by atoms with Crippen molar-refractivity contribution in [3.8, 4) is 0 Å². The van der Waals surface area contributed by atoms with Gasteiger partial charge in [-0.05, 0) is 30.3 Å². The summed E-state index contributed by atoms with van der Waals surface area (Å²) in [5.41, 5.74) is 4.60. The molecule has 0 saturated heterocycles. The van der Waals surface area contributed by atoms with Gasteiger partial charge in [-0.15, -0.1) is 0 Å². The Labute approximate surface area is 138 Å². The van der Waals surface area contributed by atoms with E-state index in [1.165, 1.54) is 0 Å². The number of para-hydroxylation sites is 1. The van der Waals surface area contributed by atoms with E-state index in [-0.39, 0.29) is 5.91 Å². The number of hydrogen-bond acceptors (Lipinski definition) is 3. The number of hydrogen-bond donors (Lipinski definition) is 3. The molecule has 0 saturated carbocycles. The lowest BCUT2D eigenvalue weighted by Gasteiger charge is -1.99. The standard InChI is InChI=1S/C18H12N2O2.CH4O/c21-10-11-5-6-17-14(7-11)15(18(22)20-17)8-12-9-19-16-4-2-1-3-13(12)16;1-2/h1-10,19H,(H,20,22);2H,1H3/b15-8-;. The number of nitrogens with one attached hydrogen (secondary N) is 2. The Morgan fingerprint density at radius 3 is 2.67 bits per heavy atom. The molecule has 120 valence electrons. The lowest BCUT2D eigenvalue weighted by molar-refractivity contribution is -0.110. The van der Waals surface area contributed by atoms with Crippen molar-refractivity contribution in [1.82, 2.24) is 4.98 Å². The summed E-state index contributed by atoms with van der Waals surface area (Å²) >= 11 is 0. The normalized spacial score (nSPS) is 14.1. The van der Waals surface area contributed by atoms with Gasteiger partial charge < -0.3 is 15.4 Å². The average molecular weight is 320 g/mol. The monoisotopic (exact) mass is 320 g/mol. The number of carbonyl (C=O) groups is 2. The van der Waals surface area contributed by atoms with Crippen molar-refractivity contribution in [2.75, 3.05) is 12.4 Å². The molecule has 0 bridgehead atoms. The molecule has 0 atom stereocenters. The summed E-state index contributed by atoms with van der Waals surface area (Å²) in [6, 6.07) is 13.1. The van der Waals surface area contributed by atoms with Crippen molar-refractivity contribution in [1.29, 1.82) is 0 Å². The highest BCUT2D eigenvalue weighted by Gasteiger charge is 2.24. The van der Waals surface area contributed by atoms with Gasteiger partial charge in [-0.2, -0.15) is 0 Å². The zero-order chi connectivity index (χ0) is 17.1. The van der Waals surface area contributed by atoms with Gasteiger partial charge in [0.2, 0.25) is 0 Å². The number of rotatable bonds is 2. The molecule has 5 heteroatoms. The van der Waals surface area contributed by atoms with Gasteiger partial charge in [-0.1, -0.05) is 18.2 Å². The number of amides is 1. The Hall–Kier alpha value is -3.18. The van der Waals surface area contributed by atoms with E-state index in [9.17, 15) is 9.59 Å². The highest BCUT2D eigenvalue weighted by atomic mass is 16.2. The van der Waals surface area contributed by atoms with E-state index in [4.69, 9.17) is 5.11 Å². The first-order valence-corrected chi connectivity index (χ1v) is 7.40. The number of fused-ring (bicyclic) bond motifs is 2. The minimum Gasteiger partial charge on any atom is -0.400 e. The molecule has 0 aliphatic carbocycles. The van der Waals surface area contributed by atoms with Crippen molar-refractivity contribution in [3.05, 3.63) is 65.4 Å². The number of benzene rings is 2. The molecule has 4 rings (SSSR count). The molecule has 2 heterocycles. The van der Waals surface area contributed by atoms with Gasteiger partial charge in [0, 0.05) is 52.2 Å². The van der Waals surface area contributed by atoms with Crippen LogP contribution in [0.15, 0.2) is 48.7 Å². The number of aliphatic hydroxyl groups excluding tert-OH is 1. The second-order valence-corrected chi connectivity index (χ2v) is 5.22. The highest BCUT2D eigenvalue weighted by Crippen LogP contribution is 2.34. The van der Waals surface area contributed by atoms with Crippen molar-refractivity contribution >= 4 is 40.4 Å². The molecule has 0 radical (unpaired) electrons. The Bertz CT molecular complexity index is 954. The maximum atomic E-state index is 12.2. The Balaban J connectivity index is 0.000000815. The number of anilines is 1. The van der Waals surface area contributed by atoms with Crippen LogP contribution in [0, 0.1) is 0 Å². The van der Waals surface area contributed by atoms with Crippen LogP contribution in [0.25, 0.3) is 22.6 Å². The van der Waals surface area contributed by atoms with Crippen molar-refractivity contribution in [2.24, 2.45) is 0 Å². The fourth-order valence-corrected chi connectivity index (χ4v) is 2.79. The van der Waals surface area contributed by atoms with Crippen LogP contribution in [-0.2, 0) is 4.79 Å². The number of carbonyl (C=O) groups excluding carboxylic acids is 2. The van der Waals surface area contributed by atoms with Crippen molar-refractivity contribution in [3.63, 3.8) is 0 Å². The van der Waals surface area contributed by atoms with Crippen molar-refractivity contribution < 1.29 is 14.7 Å². The first-order valence-electron chi connectivity index (χ1n) is 7.40. The molecular formula is C19H16N2O3. The zero-order valence-corrected chi connectivity index (χ0v) is 13.0. The molecule has 3 N–H and O–H groups in total. The maximum absolute atomic E-state index is 12.2. The lowest BCUT2D eigenvalue weighted by Crippen LogP contribution is -2.03. The van der Waals surface area contributed by atoms with Crippen LogP contribution in [0.2, 0.25) is 0 Å². The number of aldehydes is 1. The first kappa shape index (κ1) is 15.7. The van der Waals surface area contributed by atoms with E-state index < -0.39 is 0 Å². The average Bonchev–Trinajstić information content (AvgIpc) is 3.18. The number of aromatic nitrogens is 1. The minimum atomic E-state index is -0.150. The smallest absolute Gasteiger partial charge is 0.256 e. The third kappa shape index (κ3) is 2.61. The largest absolute Gasteiger partial charge is 0.400 e. The SMILES string of the molecule is CO.O=Cc1ccc2c(c1)/C(=C/c1c[nH]c3ccccc13)C(=O)N2. The summed E-state index contributed by atoms with van der Waals surface area (Å²) in [7, 11) is 1.00. The molecule has 0 spiro atoms. The van der Waals surface area contributed by atoms with Crippen LogP contribution in [0.4, 0.5) is 5.69 Å². The van der Waals surface area contributed by atoms with Crippen LogP contribution >= 0.6 is 0 Å². The Kier molecular flexibility index (Phi) is 4.26. The van der Waals surface area contributed by atoms with Crippen LogP contribution in [0.3, 0.4) is 0 Å². The lowest BCUT2D eigenvalue weighted by atomic mass is 10.0. The fourth-order valence-electron chi connectivity index (χ4n) is 2.79. The Morgan fingerprint density at radius 2 is 1.88 bits per heavy atom. The van der Waals surface area contributed by atoms with E-state index in [1.807, 2.05) is 36.5 Å². The molecule has 5 nitrogen and oxygen atoms in total. The van der Waals surface area contributed by atoms with Gasteiger partial charge >= 0.3 is 0 Å². The van der Waals surface area contributed by atoms with Crippen molar-refractivity contribution in [2.45, 2.75) is 0 Å². The quantitative estimate of drug-likeness (QED) is 0.501. The summed E-state index contributed by atoms with van der Waals surface area (Å²) < 4.78 is 0. The molecular weight excluding hydrogens is 304 g/mol. The second-order valence-electron chi connectivity index (χ2n) is 5.22. The third-order valence-corrected chi connectivity index (χ3v) is 3.88. The third-order valence-electron chi connectivity index (χ3n) is 3.88. The van der Waals surface area contributed by atoms with Gasteiger partial charge in [0.1, 0.15) is 6.29 Å². The Morgan fingerprint density at radius 1 is 1.08 bits per heavy atom. The topological polar surface area (TPSA) is 82.2 Å². The number of aliphatic hydroxyl groups is 1. The van der Waals surface area contributed by atoms with Crippen LogP contribution < -0.4 is 5.32 Å². The van der Waals surface area contributed by atoms with Gasteiger partial charge in [-0.3, -0.25) is 9.59 Å². The molecule has 1 aromatic heterocycles. The maximum Gasteiger partial charge on any atom is 0.256 e. The predicted molar refractivity (Wildman–Crippen MR) is 94.8 cm³/mol. The van der Waals surface area contributed by atoms with Gasteiger partial charge in [0.25, 0.3) is 5.91 Å². The summed E-state index contributed by atoms with van der Waals surface area (Å²) in [6.07, 6.45) is 4.52. The second kappa shape index (κ2) is 6.52. The van der Waals surface area contributed by atoms with E-state index in [2.05, 4.69) is 10.3 Å². The van der Waals surface area contributed by atoms with E-state index in [1.54, 1.807) is 18.2 Å². The van der Waals surface area contributed by atoms with Crippen LogP contribution in [0.5, 0.6) is 0 Å². The summed E-state index contributed by atoms with van der Waals surface area (Å²) in [5, 5.41) is 10.9. The molecule has 24 heavy (non-hydrogen) atoms. The zero-order valence-electron chi connectivity index (χ0n) is 13.0. The van der Waals surface area contributed by atoms with Gasteiger partial charge in [-0.25, -0.2) is 0 Å². The van der Waals surface area contributed by atoms with Gasteiger partial charge in [0.15, 0.2) is 0 Å². The van der Waals surface area contributed by atoms with E-state index >= 15 is 0 Å². The number of H-pyrrole nitrogens is 1. The van der Waals surface area contributed by atoms with Crippen LogP contribution in [0.1, 0.15) is 21.5 Å². The fraction of sp³-hybridized carbons (Fsp3) is 0.0526. The molecule has 0 fully saturated rings. The predicted octanol–water partition coefficient (Wildman–Crippen LogP) is 3.08. The first-order chi connectivity index (χ1) is 11.8. The molecule has 1 aliphatic heterocycles. The van der Waals surface area contributed by atoms with Gasteiger partial charge in [0.05, 0.1) is 0 Å². The molecule has 0 unspecified atom stereocenters. The van der Waals surface area contributed by atoms with E-state index in [0.717, 1.165) is 41.1 Å². The number of aromatic amines is 1. The molecule has 1 aliphatic rings. The molecule has 2 aromatic carbocycles. The molecule has 1 amide bonds. The van der Waals surface area contributed by atoms with E-state index in [0.29, 0.717) is 11.1 Å². The summed E-state index contributed by atoms with van der Waals surface area (Å²) in [5.74, 6) is -0.150. The van der Waals surface area contributed by atoms with Crippen LogP contribution in [-0.4, -0.2) is 29.4 Å². The summed E-state index contributed by atoms with van der Waals surface area (Å²) in [6.45, 7) is 0.